The number of aromatic amines is 1. The number of hydrogen-bond donors (Lipinski definition) is 2. The van der Waals surface area contributed by atoms with Crippen molar-refractivity contribution in [3.63, 3.8) is 0 Å². The fraction of sp³-hybridized carbons (Fsp3) is 0.308. The highest BCUT2D eigenvalue weighted by molar-refractivity contribution is 6.43. The summed E-state index contributed by atoms with van der Waals surface area (Å²) in [6.45, 7) is 0.908. The molecule has 1 atom stereocenters. The Morgan fingerprint density at radius 3 is 2.78 bits per heavy atom. The third-order valence-electron chi connectivity index (χ3n) is 3.36. The molecule has 1 aliphatic rings. The molecule has 1 aromatic carbocycles. The molecule has 18 heavy (non-hydrogen) atoms. The van der Waals surface area contributed by atoms with Crippen LogP contribution in [0.3, 0.4) is 0 Å². The van der Waals surface area contributed by atoms with Gasteiger partial charge in [0.1, 0.15) is 0 Å². The van der Waals surface area contributed by atoms with E-state index in [1.54, 1.807) is 18.3 Å². The molecule has 2 aromatic rings. The van der Waals surface area contributed by atoms with E-state index in [2.05, 4.69) is 10.3 Å². The third-order valence-corrected chi connectivity index (χ3v) is 4.09. The zero-order chi connectivity index (χ0) is 12.7. The number of benzene rings is 1. The largest absolute Gasteiger partial charge is 0.360 e. The Labute approximate surface area is 114 Å². The Bertz CT molecular complexity index is 615. The van der Waals surface area contributed by atoms with E-state index in [4.69, 9.17) is 23.2 Å². The summed E-state index contributed by atoms with van der Waals surface area (Å²) in [5.74, 6) is 0.122. The van der Waals surface area contributed by atoms with Crippen molar-refractivity contribution in [2.45, 2.75) is 18.9 Å². The zero-order valence-corrected chi connectivity index (χ0v) is 11.1. The number of Topliss-reactive ketones (excluding diaryl/α,β-unsaturated/α-hetero) is 1. The van der Waals surface area contributed by atoms with E-state index >= 15 is 0 Å². The molecule has 1 aromatic heterocycles. The first-order chi connectivity index (χ1) is 8.66. The van der Waals surface area contributed by atoms with Crippen molar-refractivity contribution < 1.29 is 4.79 Å². The van der Waals surface area contributed by atoms with E-state index in [-0.39, 0.29) is 11.8 Å². The number of fused-ring (bicyclic) bond motifs is 1. The summed E-state index contributed by atoms with van der Waals surface area (Å²) in [7, 11) is 0. The van der Waals surface area contributed by atoms with E-state index < -0.39 is 0 Å². The molecule has 2 heterocycles. The number of ketones is 1. The molecule has 1 unspecified atom stereocenters. The summed E-state index contributed by atoms with van der Waals surface area (Å²) in [4.78, 5) is 15.4. The van der Waals surface area contributed by atoms with Crippen molar-refractivity contribution in [2.24, 2.45) is 0 Å². The summed E-state index contributed by atoms with van der Waals surface area (Å²) in [6, 6.07) is 3.43. The molecule has 0 radical (unpaired) electrons. The van der Waals surface area contributed by atoms with Gasteiger partial charge in [-0.25, -0.2) is 0 Å². The Balaban J connectivity index is 2.06. The van der Waals surface area contributed by atoms with E-state index in [1.165, 1.54) is 0 Å². The van der Waals surface area contributed by atoms with Gasteiger partial charge in [0.05, 0.1) is 16.1 Å². The van der Waals surface area contributed by atoms with Gasteiger partial charge in [-0.15, -0.1) is 0 Å². The van der Waals surface area contributed by atoms with E-state index in [1.807, 2.05) is 0 Å². The smallest absolute Gasteiger partial charge is 0.181 e. The lowest BCUT2D eigenvalue weighted by atomic mass is 10.0. The van der Waals surface area contributed by atoms with Crippen LogP contribution in [0.25, 0.3) is 10.9 Å². The molecule has 3 rings (SSSR count). The third kappa shape index (κ3) is 1.92. The van der Waals surface area contributed by atoms with Crippen LogP contribution in [0.5, 0.6) is 0 Å². The first-order valence-corrected chi connectivity index (χ1v) is 6.66. The van der Waals surface area contributed by atoms with Crippen LogP contribution in [-0.2, 0) is 0 Å². The predicted molar refractivity (Wildman–Crippen MR) is 73.7 cm³/mol. The average Bonchev–Trinajstić information content (AvgIpc) is 2.98. The fourth-order valence-electron chi connectivity index (χ4n) is 2.42. The first kappa shape index (κ1) is 12.0. The van der Waals surface area contributed by atoms with Gasteiger partial charge in [0, 0.05) is 22.7 Å². The first-order valence-electron chi connectivity index (χ1n) is 5.90. The van der Waals surface area contributed by atoms with Gasteiger partial charge >= 0.3 is 0 Å². The van der Waals surface area contributed by atoms with Crippen molar-refractivity contribution in [1.29, 1.82) is 0 Å². The molecule has 0 spiro atoms. The summed E-state index contributed by atoms with van der Waals surface area (Å²) in [5.41, 5.74) is 1.52. The number of H-pyrrole nitrogens is 1. The van der Waals surface area contributed by atoms with Crippen LogP contribution in [0.4, 0.5) is 0 Å². The number of carbonyl (C=O) groups is 1. The molecular formula is C13H12Cl2N2O. The van der Waals surface area contributed by atoms with Gasteiger partial charge in [-0.2, -0.15) is 0 Å². The monoisotopic (exact) mass is 282 g/mol. The maximum absolute atomic E-state index is 12.4. The second-order valence-electron chi connectivity index (χ2n) is 4.53. The number of hydrogen-bond acceptors (Lipinski definition) is 2. The SMILES string of the molecule is O=C(c1c[nH]c2cc(Cl)c(Cl)cc12)C1CCCN1. The van der Waals surface area contributed by atoms with Crippen LogP contribution in [0, 0.1) is 0 Å². The molecule has 0 aliphatic carbocycles. The van der Waals surface area contributed by atoms with Gasteiger partial charge in [-0.05, 0) is 31.5 Å². The van der Waals surface area contributed by atoms with E-state index in [0.29, 0.717) is 15.6 Å². The molecule has 94 valence electrons. The molecule has 2 N–H and O–H groups in total. The van der Waals surface area contributed by atoms with Crippen LogP contribution in [0.15, 0.2) is 18.3 Å². The Morgan fingerprint density at radius 1 is 1.28 bits per heavy atom. The normalized spacial score (nSPS) is 19.6. The summed E-state index contributed by atoms with van der Waals surface area (Å²) in [6.07, 6.45) is 3.68. The second kappa shape index (κ2) is 4.57. The number of rotatable bonds is 2. The lowest BCUT2D eigenvalue weighted by Crippen LogP contribution is -2.30. The number of nitrogens with one attached hydrogen (secondary N) is 2. The molecule has 1 saturated heterocycles. The zero-order valence-electron chi connectivity index (χ0n) is 9.59. The van der Waals surface area contributed by atoms with E-state index in [0.717, 1.165) is 30.3 Å². The summed E-state index contributed by atoms with van der Waals surface area (Å²) >= 11 is 12.0. The maximum Gasteiger partial charge on any atom is 0.181 e. The molecule has 1 aliphatic heterocycles. The summed E-state index contributed by atoms with van der Waals surface area (Å²) < 4.78 is 0. The second-order valence-corrected chi connectivity index (χ2v) is 5.34. The minimum Gasteiger partial charge on any atom is -0.360 e. The molecule has 3 nitrogen and oxygen atoms in total. The average molecular weight is 283 g/mol. The number of aromatic nitrogens is 1. The molecular weight excluding hydrogens is 271 g/mol. The van der Waals surface area contributed by atoms with Gasteiger partial charge in [-0.1, -0.05) is 23.2 Å². The number of carbonyl (C=O) groups excluding carboxylic acids is 1. The standard InChI is InChI=1S/C13H12Cl2N2O/c14-9-4-7-8(6-17-12(7)5-10(9)15)13(18)11-2-1-3-16-11/h4-6,11,16-17H,1-3H2. The minimum atomic E-state index is -0.0709. The van der Waals surface area contributed by atoms with Crippen LogP contribution < -0.4 is 5.32 Å². The summed E-state index contributed by atoms with van der Waals surface area (Å²) in [5, 5.41) is 5.01. The highest BCUT2D eigenvalue weighted by Gasteiger charge is 2.25. The predicted octanol–water partition coefficient (Wildman–Crippen LogP) is 3.41. The Kier molecular flexibility index (Phi) is 3.06. The Hall–Kier alpha value is -1.03. The topological polar surface area (TPSA) is 44.9 Å². The quantitative estimate of drug-likeness (QED) is 0.829. The van der Waals surface area contributed by atoms with Crippen molar-refractivity contribution in [1.82, 2.24) is 10.3 Å². The fourth-order valence-corrected chi connectivity index (χ4v) is 2.74. The highest BCUT2D eigenvalue weighted by Crippen LogP contribution is 2.30. The van der Waals surface area contributed by atoms with Crippen LogP contribution in [0.1, 0.15) is 23.2 Å². The van der Waals surface area contributed by atoms with Crippen molar-refractivity contribution in [3.05, 3.63) is 33.9 Å². The lowest BCUT2D eigenvalue weighted by Gasteiger charge is -2.07. The van der Waals surface area contributed by atoms with Crippen LogP contribution >= 0.6 is 23.2 Å². The van der Waals surface area contributed by atoms with Gasteiger partial charge in [0.25, 0.3) is 0 Å². The van der Waals surface area contributed by atoms with Gasteiger partial charge in [-0.3, -0.25) is 4.79 Å². The van der Waals surface area contributed by atoms with E-state index in [9.17, 15) is 4.79 Å². The molecule has 5 heteroatoms. The van der Waals surface area contributed by atoms with Crippen molar-refractivity contribution >= 4 is 39.9 Å². The number of halogens is 2. The lowest BCUT2D eigenvalue weighted by molar-refractivity contribution is 0.0954. The van der Waals surface area contributed by atoms with Crippen LogP contribution in [0.2, 0.25) is 10.0 Å². The van der Waals surface area contributed by atoms with Gasteiger partial charge in [0.15, 0.2) is 5.78 Å². The van der Waals surface area contributed by atoms with Crippen molar-refractivity contribution in [3.8, 4) is 0 Å². The molecule has 0 saturated carbocycles. The van der Waals surface area contributed by atoms with Gasteiger partial charge in [0.2, 0.25) is 0 Å². The minimum absolute atomic E-state index is 0.0709. The highest BCUT2D eigenvalue weighted by atomic mass is 35.5. The molecule has 0 bridgehead atoms. The van der Waals surface area contributed by atoms with Gasteiger partial charge < -0.3 is 10.3 Å². The molecule has 1 fully saturated rings. The van der Waals surface area contributed by atoms with Crippen molar-refractivity contribution in [2.75, 3.05) is 6.54 Å². The van der Waals surface area contributed by atoms with Crippen LogP contribution in [-0.4, -0.2) is 23.4 Å². The Morgan fingerprint density at radius 2 is 2.06 bits per heavy atom. The maximum atomic E-state index is 12.4. The molecule has 0 amide bonds.